The maximum absolute atomic E-state index is 12.1. The summed E-state index contributed by atoms with van der Waals surface area (Å²) < 4.78 is 26.8. The molecule has 2 rings (SSSR count). The van der Waals surface area contributed by atoms with Crippen molar-refractivity contribution >= 4 is 44.8 Å². The Balaban J connectivity index is 2.09. The van der Waals surface area contributed by atoms with Crippen LogP contribution in [-0.4, -0.2) is 20.3 Å². The van der Waals surface area contributed by atoms with Crippen LogP contribution in [0.3, 0.4) is 0 Å². The quantitative estimate of drug-likeness (QED) is 0.848. The van der Waals surface area contributed by atoms with Gasteiger partial charge in [-0.05, 0) is 37.0 Å². The Morgan fingerprint density at radius 1 is 1.16 bits per heavy atom. The Morgan fingerprint density at radius 2 is 1.79 bits per heavy atom. The molecule has 0 heterocycles. The first-order valence-corrected chi connectivity index (χ1v) is 8.66. The van der Waals surface area contributed by atoms with Crippen LogP contribution < -0.4 is 4.72 Å². The van der Waals surface area contributed by atoms with E-state index >= 15 is 0 Å². The second-order valence-corrected chi connectivity index (χ2v) is 7.86. The summed E-state index contributed by atoms with van der Waals surface area (Å²) in [6.45, 7) is 0.348. The van der Waals surface area contributed by atoms with Crippen LogP contribution in [0.15, 0.2) is 23.1 Å². The lowest BCUT2D eigenvalue weighted by Gasteiger charge is -2.15. The molecule has 0 aromatic heterocycles. The maximum atomic E-state index is 12.1. The van der Waals surface area contributed by atoms with Crippen LogP contribution in [0.25, 0.3) is 0 Å². The predicted molar refractivity (Wildman–Crippen MR) is 78.6 cm³/mol. The summed E-state index contributed by atoms with van der Waals surface area (Å²) in [7, 11) is -3.59. The minimum atomic E-state index is -3.59. The molecular formula is C12H14Cl3NO2S. The van der Waals surface area contributed by atoms with Crippen LogP contribution in [0, 0.1) is 5.92 Å². The number of hydrogen-bond acceptors (Lipinski definition) is 2. The fourth-order valence-corrected chi connectivity index (χ4v) is 4.39. The molecule has 3 nitrogen and oxygen atoms in total. The van der Waals surface area contributed by atoms with E-state index in [9.17, 15) is 8.42 Å². The van der Waals surface area contributed by atoms with E-state index in [0.717, 1.165) is 19.3 Å². The lowest BCUT2D eigenvalue weighted by Crippen LogP contribution is -2.31. The fraction of sp³-hybridized carbons (Fsp3) is 0.500. The molecule has 7 heteroatoms. The molecule has 0 radical (unpaired) electrons. The molecule has 0 saturated heterocycles. The van der Waals surface area contributed by atoms with E-state index in [1.165, 1.54) is 18.2 Å². The molecule has 0 aliphatic heterocycles. The van der Waals surface area contributed by atoms with E-state index in [2.05, 4.69) is 4.72 Å². The highest BCUT2D eigenvalue weighted by molar-refractivity contribution is 7.89. The minimum Gasteiger partial charge on any atom is -0.211 e. The van der Waals surface area contributed by atoms with Crippen LogP contribution >= 0.6 is 34.8 Å². The van der Waals surface area contributed by atoms with E-state index in [1.54, 1.807) is 0 Å². The zero-order chi connectivity index (χ0) is 14.0. The number of benzene rings is 1. The normalized spacial score (nSPS) is 23.7. The highest BCUT2D eigenvalue weighted by Gasteiger charge is 2.27. The van der Waals surface area contributed by atoms with E-state index in [1.807, 2.05) is 0 Å². The summed E-state index contributed by atoms with van der Waals surface area (Å²) in [4.78, 5) is 0.0779. The smallest absolute Gasteiger partial charge is 0.211 e. The van der Waals surface area contributed by atoms with Crippen molar-refractivity contribution in [2.24, 2.45) is 5.92 Å². The maximum Gasteiger partial charge on any atom is 0.240 e. The average molecular weight is 343 g/mol. The van der Waals surface area contributed by atoms with E-state index in [-0.39, 0.29) is 16.2 Å². The van der Waals surface area contributed by atoms with Gasteiger partial charge in [0.05, 0.1) is 4.90 Å². The third kappa shape index (κ3) is 3.99. The molecule has 1 aliphatic carbocycles. The molecule has 1 aliphatic rings. The molecule has 2 unspecified atom stereocenters. The second-order valence-electron chi connectivity index (χ2n) is 4.66. The van der Waals surface area contributed by atoms with Gasteiger partial charge in [-0.1, -0.05) is 29.6 Å². The Morgan fingerprint density at radius 3 is 2.32 bits per heavy atom. The van der Waals surface area contributed by atoms with Gasteiger partial charge in [-0.3, -0.25) is 0 Å². The summed E-state index contributed by atoms with van der Waals surface area (Å²) in [5.41, 5.74) is 0. The SMILES string of the molecule is O=S(=O)(NCC1CCCC1Cl)c1cc(Cl)cc(Cl)c1. The van der Waals surface area contributed by atoms with Crippen LogP contribution in [-0.2, 0) is 10.0 Å². The van der Waals surface area contributed by atoms with Crippen molar-refractivity contribution in [2.75, 3.05) is 6.54 Å². The first kappa shape index (κ1) is 15.4. The summed E-state index contributed by atoms with van der Waals surface area (Å²) in [5.74, 6) is 0.186. The number of alkyl halides is 1. The molecule has 0 bridgehead atoms. The number of sulfonamides is 1. The largest absolute Gasteiger partial charge is 0.240 e. The molecule has 0 amide bonds. The molecular weight excluding hydrogens is 329 g/mol. The van der Waals surface area contributed by atoms with Crippen LogP contribution in [0.4, 0.5) is 0 Å². The molecule has 0 spiro atoms. The van der Waals surface area contributed by atoms with Gasteiger partial charge in [-0.25, -0.2) is 13.1 Å². The van der Waals surface area contributed by atoms with Crippen molar-refractivity contribution in [1.82, 2.24) is 4.72 Å². The molecule has 1 aromatic rings. The van der Waals surface area contributed by atoms with Crippen LogP contribution in [0.1, 0.15) is 19.3 Å². The third-order valence-electron chi connectivity index (χ3n) is 3.25. The monoisotopic (exact) mass is 341 g/mol. The highest BCUT2D eigenvalue weighted by Crippen LogP contribution is 2.30. The number of halogens is 3. The molecule has 1 N–H and O–H groups in total. The molecule has 1 aromatic carbocycles. The molecule has 106 valence electrons. The lowest BCUT2D eigenvalue weighted by molar-refractivity contribution is 0.523. The van der Waals surface area contributed by atoms with Crippen molar-refractivity contribution < 1.29 is 8.42 Å². The summed E-state index contributed by atoms with van der Waals surface area (Å²) in [6.07, 6.45) is 2.94. The zero-order valence-corrected chi connectivity index (χ0v) is 13.2. The van der Waals surface area contributed by atoms with E-state index in [4.69, 9.17) is 34.8 Å². The molecule has 1 saturated carbocycles. The molecule has 1 fully saturated rings. The van der Waals surface area contributed by atoms with Gasteiger partial charge in [-0.15, -0.1) is 11.6 Å². The van der Waals surface area contributed by atoms with Crippen molar-refractivity contribution in [2.45, 2.75) is 29.5 Å². The van der Waals surface area contributed by atoms with Crippen molar-refractivity contribution in [3.05, 3.63) is 28.2 Å². The van der Waals surface area contributed by atoms with E-state index in [0.29, 0.717) is 16.6 Å². The van der Waals surface area contributed by atoms with Gasteiger partial charge in [0.1, 0.15) is 0 Å². The van der Waals surface area contributed by atoms with Gasteiger partial charge in [0.2, 0.25) is 10.0 Å². The van der Waals surface area contributed by atoms with Gasteiger partial charge in [0.15, 0.2) is 0 Å². The second kappa shape index (κ2) is 6.19. The first-order valence-electron chi connectivity index (χ1n) is 5.98. The number of hydrogen-bond donors (Lipinski definition) is 1. The van der Waals surface area contributed by atoms with Gasteiger partial charge in [-0.2, -0.15) is 0 Å². The van der Waals surface area contributed by atoms with Crippen molar-refractivity contribution in [3.8, 4) is 0 Å². The summed E-state index contributed by atoms with van der Waals surface area (Å²) in [6, 6.07) is 4.25. The predicted octanol–water partition coefficient (Wildman–Crippen LogP) is 3.68. The van der Waals surface area contributed by atoms with Gasteiger partial charge < -0.3 is 0 Å². The topological polar surface area (TPSA) is 46.2 Å². The summed E-state index contributed by atoms with van der Waals surface area (Å²) >= 11 is 17.7. The van der Waals surface area contributed by atoms with E-state index < -0.39 is 10.0 Å². The Kier molecular flexibility index (Phi) is 5.01. The standard InChI is InChI=1S/C12H14Cl3NO2S/c13-9-4-10(14)6-11(5-9)19(17,18)16-7-8-2-1-3-12(8)15/h4-6,8,12,16H,1-3,7H2. The van der Waals surface area contributed by atoms with Crippen LogP contribution in [0.2, 0.25) is 10.0 Å². The molecule has 19 heavy (non-hydrogen) atoms. The lowest BCUT2D eigenvalue weighted by atomic mass is 10.1. The Hall–Kier alpha value is -0.000000000000000139. The first-order chi connectivity index (χ1) is 8.88. The third-order valence-corrected chi connectivity index (χ3v) is 5.66. The Bertz CT molecular complexity index is 542. The number of rotatable bonds is 4. The average Bonchev–Trinajstić information content (AvgIpc) is 2.71. The zero-order valence-electron chi connectivity index (χ0n) is 10.1. The van der Waals surface area contributed by atoms with Gasteiger partial charge in [0.25, 0.3) is 0 Å². The van der Waals surface area contributed by atoms with Crippen molar-refractivity contribution in [3.63, 3.8) is 0 Å². The highest BCUT2D eigenvalue weighted by atomic mass is 35.5. The summed E-state index contributed by atoms with van der Waals surface area (Å²) in [5, 5.41) is 0.638. The van der Waals surface area contributed by atoms with Crippen molar-refractivity contribution in [1.29, 1.82) is 0 Å². The minimum absolute atomic E-state index is 0.0469. The van der Waals surface area contributed by atoms with Gasteiger partial charge >= 0.3 is 0 Å². The van der Waals surface area contributed by atoms with Gasteiger partial charge in [0, 0.05) is 22.0 Å². The number of nitrogens with one attached hydrogen (secondary N) is 1. The fourth-order valence-electron chi connectivity index (χ4n) is 2.21. The molecule has 2 atom stereocenters. The Labute approximate surface area is 128 Å². The van der Waals surface area contributed by atoms with Crippen LogP contribution in [0.5, 0.6) is 0 Å².